The van der Waals surface area contributed by atoms with Crippen LogP contribution in [0.25, 0.3) is 0 Å². The molecule has 0 saturated carbocycles. The summed E-state index contributed by atoms with van der Waals surface area (Å²) in [5.74, 6) is 1.56. The van der Waals surface area contributed by atoms with Crippen molar-refractivity contribution >= 4 is 10.8 Å². The van der Waals surface area contributed by atoms with E-state index in [2.05, 4.69) is 5.32 Å². The summed E-state index contributed by atoms with van der Waals surface area (Å²) in [7, 11) is -0.595. The van der Waals surface area contributed by atoms with Crippen molar-refractivity contribution in [3.8, 4) is 0 Å². The molecule has 0 aromatic carbocycles. The normalized spacial score (nSPS) is 30.6. The van der Waals surface area contributed by atoms with E-state index in [0.29, 0.717) is 5.92 Å². The molecule has 2 nitrogen and oxygen atoms in total. The molecule has 1 aliphatic rings. The average Bonchev–Trinajstić information content (AvgIpc) is 2.15. The Balaban J connectivity index is 2.19. The monoisotopic (exact) mass is 147 g/mol. The number of hydrogen-bond donors (Lipinski definition) is 1. The van der Waals surface area contributed by atoms with Crippen LogP contribution in [0, 0.1) is 5.92 Å². The smallest absolute Gasteiger partial charge is 0.0272 e. The zero-order valence-electron chi connectivity index (χ0n) is 5.72. The molecule has 0 spiro atoms. The second kappa shape index (κ2) is 3.32. The molecule has 0 aromatic rings. The molecule has 1 saturated heterocycles. The van der Waals surface area contributed by atoms with Gasteiger partial charge in [-0.25, -0.2) is 0 Å². The molecule has 1 fully saturated rings. The van der Waals surface area contributed by atoms with Gasteiger partial charge in [-0.05, 0) is 25.4 Å². The van der Waals surface area contributed by atoms with Gasteiger partial charge in [-0.1, -0.05) is 0 Å². The zero-order valence-corrected chi connectivity index (χ0v) is 6.54. The van der Waals surface area contributed by atoms with Crippen LogP contribution in [0.4, 0.5) is 0 Å². The minimum Gasteiger partial charge on any atom is -0.316 e. The van der Waals surface area contributed by atoms with Crippen LogP contribution in [0.3, 0.4) is 0 Å². The van der Waals surface area contributed by atoms with E-state index < -0.39 is 10.8 Å². The average molecular weight is 147 g/mol. The van der Waals surface area contributed by atoms with E-state index in [1.54, 1.807) is 6.26 Å². The van der Waals surface area contributed by atoms with Crippen molar-refractivity contribution in [2.24, 2.45) is 5.92 Å². The van der Waals surface area contributed by atoms with Gasteiger partial charge in [0.15, 0.2) is 0 Å². The predicted octanol–water partition coefficient (Wildman–Crippen LogP) is -0.0256. The number of hydrogen-bond acceptors (Lipinski definition) is 2. The van der Waals surface area contributed by atoms with Crippen molar-refractivity contribution in [1.82, 2.24) is 5.32 Å². The molecule has 0 aromatic heterocycles. The lowest BCUT2D eigenvalue weighted by atomic mass is 10.2. The van der Waals surface area contributed by atoms with Crippen molar-refractivity contribution in [1.29, 1.82) is 0 Å². The van der Waals surface area contributed by atoms with E-state index in [1.165, 1.54) is 6.42 Å². The molecule has 54 valence electrons. The van der Waals surface area contributed by atoms with Crippen LogP contribution in [0.1, 0.15) is 6.42 Å². The Morgan fingerprint density at radius 2 is 2.56 bits per heavy atom. The Bertz CT molecular complexity index is 110. The summed E-state index contributed by atoms with van der Waals surface area (Å²) in [4.78, 5) is 0. The highest BCUT2D eigenvalue weighted by molar-refractivity contribution is 7.84. The minimum absolute atomic E-state index is 0.595. The van der Waals surface area contributed by atoms with Gasteiger partial charge in [0.1, 0.15) is 0 Å². The Hall–Kier alpha value is 0.110. The maximum atomic E-state index is 10.7. The fourth-order valence-electron chi connectivity index (χ4n) is 1.19. The Kier molecular flexibility index (Phi) is 2.66. The van der Waals surface area contributed by atoms with E-state index >= 15 is 0 Å². The molecule has 0 bridgehead atoms. The molecular weight excluding hydrogens is 134 g/mol. The summed E-state index contributed by atoms with van der Waals surface area (Å²) in [5.41, 5.74) is 0. The second-order valence-corrected chi connectivity index (χ2v) is 4.08. The highest BCUT2D eigenvalue weighted by Gasteiger charge is 2.14. The summed E-state index contributed by atoms with van der Waals surface area (Å²) < 4.78 is 10.7. The quantitative estimate of drug-likeness (QED) is 0.594. The highest BCUT2D eigenvalue weighted by Crippen LogP contribution is 2.07. The summed E-state index contributed by atoms with van der Waals surface area (Å²) in [6.45, 7) is 2.18. The molecule has 0 amide bonds. The molecule has 1 N–H and O–H groups in total. The predicted molar refractivity (Wildman–Crippen MR) is 39.9 cm³/mol. The van der Waals surface area contributed by atoms with Crippen LogP contribution < -0.4 is 5.32 Å². The van der Waals surface area contributed by atoms with Gasteiger partial charge in [0.2, 0.25) is 0 Å². The Morgan fingerprint density at radius 1 is 1.78 bits per heavy atom. The standard InChI is InChI=1S/C6H13NOS/c1-9(8)5-6-2-3-7-4-6/h6-7H,2-5H2,1H3. The van der Waals surface area contributed by atoms with Gasteiger partial charge in [0, 0.05) is 22.8 Å². The van der Waals surface area contributed by atoms with E-state index in [-0.39, 0.29) is 0 Å². The van der Waals surface area contributed by atoms with E-state index in [9.17, 15) is 4.21 Å². The number of nitrogens with one attached hydrogen (secondary N) is 1. The van der Waals surface area contributed by atoms with E-state index in [0.717, 1.165) is 18.8 Å². The van der Waals surface area contributed by atoms with Crippen LogP contribution in [-0.4, -0.2) is 29.3 Å². The van der Waals surface area contributed by atoms with E-state index in [1.807, 2.05) is 0 Å². The van der Waals surface area contributed by atoms with Crippen LogP contribution in [-0.2, 0) is 10.8 Å². The van der Waals surface area contributed by atoms with Gasteiger partial charge < -0.3 is 5.32 Å². The lowest BCUT2D eigenvalue weighted by Crippen LogP contribution is -2.14. The molecule has 1 rings (SSSR count). The molecule has 2 atom stereocenters. The molecule has 2 unspecified atom stereocenters. The fourth-order valence-corrected chi connectivity index (χ4v) is 2.14. The summed E-state index contributed by atoms with van der Waals surface area (Å²) in [5, 5.41) is 3.24. The van der Waals surface area contributed by atoms with Crippen LogP contribution >= 0.6 is 0 Å². The SMILES string of the molecule is CS(=O)CC1CCNC1. The second-order valence-electron chi connectivity index (χ2n) is 2.60. The number of rotatable bonds is 2. The maximum absolute atomic E-state index is 10.7. The topological polar surface area (TPSA) is 29.1 Å². The van der Waals surface area contributed by atoms with Gasteiger partial charge in [0.05, 0.1) is 0 Å². The first-order valence-electron chi connectivity index (χ1n) is 3.30. The lowest BCUT2D eigenvalue weighted by Gasteiger charge is -2.02. The van der Waals surface area contributed by atoms with Crippen LogP contribution in [0.15, 0.2) is 0 Å². The minimum atomic E-state index is -0.595. The summed E-state index contributed by atoms with van der Waals surface area (Å²) in [6.07, 6.45) is 2.98. The third-order valence-corrected chi connectivity index (χ3v) is 2.57. The Morgan fingerprint density at radius 3 is 3.00 bits per heavy atom. The van der Waals surface area contributed by atoms with Crippen molar-refractivity contribution in [2.75, 3.05) is 25.1 Å². The van der Waals surface area contributed by atoms with E-state index in [4.69, 9.17) is 0 Å². The van der Waals surface area contributed by atoms with Crippen molar-refractivity contribution in [3.05, 3.63) is 0 Å². The molecule has 1 heterocycles. The lowest BCUT2D eigenvalue weighted by molar-refractivity contribution is 0.635. The van der Waals surface area contributed by atoms with Gasteiger partial charge >= 0.3 is 0 Å². The molecule has 9 heavy (non-hydrogen) atoms. The summed E-state index contributed by atoms with van der Waals surface area (Å²) >= 11 is 0. The third kappa shape index (κ3) is 2.45. The van der Waals surface area contributed by atoms with Crippen LogP contribution in [0.5, 0.6) is 0 Å². The van der Waals surface area contributed by atoms with Gasteiger partial charge in [0.25, 0.3) is 0 Å². The zero-order chi connectivity index (χ0) is 6.69. The molecule has 3 heteroatoms. The van der Waals surface area contributed by atoms with Crippen molar-refractivity contribution < 1.29 is 4.21 Å². The van der Waals surface area contributed by atoms with Crippen LogP contribution in [0.2, 0.25) is 0 Å². The molecule has 0 aliphatic carbocycles. The van der Waals surface area contributed by atoms with Crippen molar-refractivity contribution in [2.45, 2.75) is 6.42 Å². The first kappa shape index (κ1) is 7.22. The van der Waals surface area contributed by atoms with Crippen molar-refractivity contribution in [3.63, 3.8) is 0 Å². The summed E-state index contributed by atoms with van der Waals surface area (Å²) in [6, 6.07) is 0. The first-order valence-corrected chi connectivity index (χ1v) is 5.02. The largest absolute Gasteiger partial charge is 0.316 e. The fraction of sp³-hybridized carbons (Fsp3) is 1.00. The molecule has 1 aliphatic heterocycles. The highest BCUT2D eigenvalue weighted by atomic mass is 32.2. The van der Waals surface area contributed by atoms with Gasteiger partial charge in [-0.15, -0.1) is 0 Å². The third-order valence-electron chi connectivity index (χ3n) is 1.63. The Labute approximate surface area is 58.5 Å². The first-order chi connectivity index (χ1) is 4.29. The maximum Gasteiger partial charge on any atom is 0.0272 e. The van der Waals surface area contributed by atoms with Gasteiger partial charge in [-0.3, -0.25) is 4.21 Å². The molecule has 0 radical (unpaired) electrons. The molecular formula is C6H13NOS. The van der Waals surface area contributed by atoms with Gasteiger partial charge in [-0.2, -0.15) is 0 Å².